The first kappa shape index (κ1) is 16.1. The van der Waals surface area contributed by atoms with Crippen LogP contribution in [0.1, 0.15) is 33.4 Å². The standard InChI is InChI=1S/C27H22/c1-3-9-20(10-4-1)15-22-17-24(16-21-11-5-2-6-12-21)26-19-23-13-7-8-14-25(23)27(26)18-22/h1-14,17-18H,15-16,19H2. The number of hydrogen-bond acceptors (Lipinski definition) is 0. The lowest BCUT2D eigenvalue weighted by Gasteiger charge is -2.13. The Morgan fingerprint density at radius 3 is 1.89 bits per heavy atom. The zero-order valence-corrected chi connectivity index (χ0v) is 15.4. The summed E-state index contributed by atoms with van der Waals surface area (Å²) in [5.41, 5.74) is 11.4. The van der Waals surface area contributed by atoms with Gasteiger partial charge in [-0.3, -0.25) is 0 Å². The molecule has 0 spiro atoms. The molecule has 0 amide bonds. The summed E-state index contributed by atoms with van der Waals surface area (Å²) in [7, 11) is 0. The number of hydrogen-bond donors (Lipinski definition) is 0. The van der Waals surface area contributed by atoms with Gasteiger partial charge in [-0.15, -0.1) is 0 Å². The van der Waals surface area contributed by atoms with E-state index >= 15 is 0 Å². The van der Waals surface area contributed by atoms with Crippen LogP contribution >= 0.6 is 0 Å². The van der Waals surface area contributed by atoms with Gasteiger partial charge in [0.2, 0.25) is 0 Å². The maximum absolute atomic E-state index is 2.44. The normalized spacial score (nSPS) is 11.9. The fourth-order valence-electron chi connectivity index (χ4n) is 4.28. The molecule has 0 atom stereocenters. The van der Waals surface area contributed by atoms with E-state index in [-0.39, 0.29) is 0 Å². The maximum atomic E-state index is 2.44. The van der Waals surface area contributed by atoms with Crippen LogP contribution in [0.25, 0.3) is 11.1 Å². The third kappa shape index (κ3) is 3.19. The summed E-state index contributed by atoms with van der Waals surface area (Å²) in [5.74, 6) is 0. The molecule has 0 fully saturated rings. The first-order valence-corrected chi connectivity index (χ1v) is 9.67. The summed E-state index contributed by atoms with van der Waals surface area (Å²) in [6.45, 7) is 0. The second-order valence-electron chi connectivity index (χ2n) is 7.44. The Labute approximate surface area is 161 Å². The molecule has 27 heavy (non-hydrogen) atoms. The van der Waals surface area contributed by atoms with Gasteiger partial charge >= 0.3 is 0 Å². The summed E-state index contributed by atoms with van der Waals surface area (Å²) in [4.78, 5) is 0. The third-order valence-corrected chi connectivity index (χ3v) is 5.57. The highest BCUT2D eigenvalue weighted by Gasteiger charge is 2.21. The highest BCUT2D eigenvalue weighted by molar-refractivity contribution is 5.78. The average Bonchev–Trinajstić information content (AvgIpc) is 3.09. The molecule has 0 nitrogen and oxygen atoms in total. The quantitative estimate of drug-likeness (QED) is 0.351. The maximum Gasteiger partial charge on any atom is -0.00106 e. The molecule has 0 unspecified atom stereocenters. The monoisotopic (exact) mass is 346 g/mol. The lowest BCUT2D eigenvalue weighted by molar-refractivity contribution is 1.09. The van der Waals surface area contributed by atoms with Crippen molar-refractivity contribution in [1.29, 1.82) is 0 Å². The van der Waals surface area contributed by atoms with Crippen LogP contribution in [0.4, 0.5) is 0 Å². The Morgan fingerprint density at radius 1 is 0.519 bits per heavy atom. The van der Waals surface area contributed by atoms with E-state index in [4.69, 9.17) is 0 Å². The molecule has 0 N–H and O–H groups in total. The van der Waals surface area contributed by atoms with E-state index < -0.39 is 0 Å². The Kier molecular flexibility index (Phi) is 4.10. The van der Waals surface area contributed by atoms with Crippen LogP contribution in [0.15, 0.2) is 97.1 Å². The van der Waals surface area contributed by atoms with Crippen molar-refractivity contribution in [3.8, 4) is 11.1 Å². The molecule has 0 aromatic heterocycles. The van der Waals surface area contributed by atoms with Crippen molar-refractivity contribution in [2.24, 2.45) is 0 Å². The van der Waals surface area contributed by atoms with Gasteiger partial charge < -0.3 is 0 Å². The SMILES string of the molecule is c1ccc(Cc2cc(Cc3ccccc3)c3c(c2)-c2ccccc2C3)cc1. The molecule has 4 aromatic carbocycles. The molecule has 4 aromatic rings. The molecule has 1 aliphatic carbocycles. The van der Waals surface area contributed by atoms with Crippen LogP contribution in [0, 0.1) is 0 Å². The molecule has 0 heteroatoms. The van der Waals surface area contributed by atoms with Gasteiger partial charge in [-0.1, -0.05) is 97.1 Å². The zero-order chi connectivity index (χ0) is 18.1. The first-order chi connectivity index (χ1) is 13.4. The molecule has 0 saturated carbocycles. The van der Waals surface area contributed by atoms with Gasteiger partial charge in [-0.05, 0) is 63.8 Å². The largest absolute Gasteiger partial charge is 0.0622 e. The zero-order valence-electron chi connectivity index (χ0n) is 15.4. The molecular weight excluding hydrogens is 324 g/mol. The number of fused-ring (bicyclic) bond motifs is 3. The molecule has 5 rings (SSSR count). The lowest BCUT2D eigenvalue weighted by atomic mass is 9.91. The summed E-state index contributed by atoms with van der Waals surface area (Å²) < 4.78 is 0. The van der Waals surface area contributed by atoms with Crippen molar-refractivity contribution in [2.75, 3.05) is 0 Å². The van der Waals surface area contributed by atoms with Crippen molar-refractivity contribution in [3.05, 3.63) is 130 Å². The molecule has 0 radical (unpaired) electrons. The molecule has 0 aliphatic heterocycles. The minimum absolute atomic E-state index is 0.984. The van der Waals surface area contributed by atoms with Crippen molar-refractivity contribution in [1.82, 2.24) is 0 Å². The molecule has 0 saturated heterocycles. The van der Waals surface area contributed by atoms with E-state index in [9.17, 15) is 0 Å². The van der Waals surface area contributed by atoms with E-state index in [2.05, 4.69) is 97.1 Å². The molecule has 0 heterocycles. The lowest BCUT2D eigenvalue weighted by Crippen LogP contribution is -1.98. The predicted molar refractivity (Wildman–Crippen MR) is 113 cm³/mol. The van der Waals surface area contributed by atoms with Crippen LogP contribution < -0.4 is 0 Å². The second kappa shape index (κ2) is 6.89. The van der Waals surface area contributed by atoms with Gasteiger partial charge in [0.05, 0.1) is 0 Å². The third-order valence-electron chi connectivity index (χ3n) is 5.57. The number of rotatable bonds is 4. The Bertz CT molecular complexity index is 1080. The molecular formula is C27H22. The Balaban J connectivity index is 1.60. The first-order valence-electron chi connectivity index (χ1n) is 9.67. The Hall–Kier alpha value is -3.12. The highest BCUT2D eigenvalue weighted by atomic mass is 14.3. The fourth-order valence-corrected chi connectivity index (χ4v) is 4.28. The van der Waals surface area contributed by atoms with Crippen LogP contribution in [-0.4, -0.2) is 0 Å². The van der Waals surface area contributed by atoms with Gasteiger partial charge in [-0.2, -0.15) is 0 Å². The van der Waals surface area contributed by atoms with Gasteiger partial charge in [0.1, 0.15) is 0 Å². The van der Waals surface area contributed by atoms with Crippen molar-refractivity contribution in [3.63, 3.8) is 0 Å². The smallest absolute Gasteiger partial charge is 0.00106 e. The van der Waals surface area contributed by atoms with Crippen LogP contribution in [0.3, 0.4) is 0 Å². The summed E-state index contributed by atoms with van der Waals surface area (Å²) in [5, 5.41) is 0. The fraction of sp³-hybridized carbons (Fsp3) is 0.111. The minimum atomic E-state index is 0.984. The molecule has 1 aliphatic rings. The van der Waals surface area contributed by atoms with E-state index in [0.717, 1.165) is 19.3 Å². The Morgan fingerprint density at radius 2 is 1.15 bits per heavy atom. The van der Waals surface area contributed by atoms with Crippen LogP contribution in [0.2, 0.25) is 0 Å². The minimum Gasteiger partial charge on any atom is -0.0622 e. The highest BCUT2D eigenvalue weighted by Crippen LogP contribution is 2.40. The van der Waals surface area contributed by atoms with Gasteiger partial charge in [0.15, 0.2) is 0 Å². The van der Waals surface area contributed by atoms with Crippen molar-refractivity contribution in [2.45, 2.75) is 19.3 Å². The number of benzene rings is 4. The van der Waals surface area contributed by atoms with E-state index in [1.165, 1.54) is 44.5 Å². The summed E-state index contributed by atoms with van der Waals surface area (Å²) in [6.07, 6.45) is 3.04. The van der Waals surface area contributed by atoms with Crippen molar-refractivity contribution >= 4 is 0 Å². The van der Waals surface area contributed by atoms with Gasteiger partial charge in [0, 0.05) is 0 Å². The van der Waals surface area contributed by atoms with Crippen LogP contribution in [-0.2, 0) is 19.3 Å². The predicted octanol–water partition coefficient (Wildman–Crippen LogP) is 6.44. The van der Waals surface area contributed by atoms with E-state index in [0.29, 0.717) is 0 Å². The van der Waals surface area contributed by atoms with E-state index in [1.807, 2.05) is 0 Å². The topological polar surface area (TPSA) is 0 Å². The second-order valence-corrected chi connectivity index (χ2v) is 7.44. The van der Waals surface area contributed by atoms with Gasteiger partial charge in [0.25, 0.3) is 0 Å². The van der Waals surface area contributed by atoms with E-state index in [1.54, 1.807) is 0 Å². The van der Waals surface area contributed by atoms with Gasteiger partial charge in [-0.25, -0.2) is 0 Å². The summed E-state index contributed by atoms with van der Waals surface area (Å²) in [6, 6.07) is 35.3. The summed E-state index contributed by atoms with van der Waals surface area (Å²) >= 11 is 0. The molecule has 0 bridgehead atoms. The molecule has 130 valence electrons. The van der Waals surface area contributed by atoms with Crippen molar-refractivity contribution < 1.29 is 0 Å². The average molecular weight is 346 g/mol. The van der Waals surface area contributed by atoms with Crippen LogP contribution in [0.5, 0.6) is 0 Å².